The van der Waals surface area contributed by atoms with E-state index in [1.807, 2.05) is 16.8 Å². The number of pyridine rings is 1. The van der Waals surface area contributed by atoms with Crippen LogP contribution in [0.5, 0.6) is 0 Å². The summed E-state index contributed by atoms with van der Waals surface area (Å²) < 4.78 is 2.01. The summed E-state index contributed by atoms with van der Waals surface area (Å²) >= 11 is 0. The molecule has 0 radical (unpaired) electrons. The number of nitrogens with one attached hydrogen (secondary N) is 1. The average Bonchev–Trinajstić information content (AvgIpc) is 2.72. The molecule has 4 nitrogen and oxygen atoms in total. The zero-order valence-corrected chi connectivity index (χ0v) is 12.0. The second-order valence-electron chi connectivity index (χ2n) is 4.77. The molecule has 19 heavy (non-hydrogen) atoms. The molecule has 2 aromatic rings. The molecule has 102 valence electrons. The number of aryl methyl sites for hydroxylation is 1. The van der Waals surface area contributed by atoms with Crippen LogP contribution in [-0.4, -0.2) is 27.9 Å². The molecule has 0 saturated heterocycles. The van der Waals surface area contributed by atoms with Gasteiger partial charge in [-0.3, -0.25) is 4.98 Å². The van der Waals surface area contributed by atoms with Gasteiger partial charge in [0.2, 0.25) is 0 Å². The first-order chi connectivity index (χ1) is 9.24. The number of hydrogen-bond acceptors (Lipinski definition) is 3. The molecule has 0 bridgehead atoms. The zero-order valence-electron chi connectivity index (χ0n) is 12.0. The summed E-state index contributed by atoms with van der Waals surface area (Å²) in [4.78, 5) is 4.05. The third-order valence-electron chi connectivity index (χ3n) is 3.33. The largest absolute Gasteiger partial charge is 0.316 e. The Hall–Kier alpha value is -1.68. The molecule has 0 atom stereocenters. The highest BCUT2D eigenvalue weighted by molar-refractivity contribution is 5.35. The van der Waals surface area contributed by atoms with Crippen molar-refractivity contribution in [3.05, 3.63) is 41.5 Å². The van der Waals surface area contributed by atoms with Crippen molar-refractivity contribution < 1.29 is 0 Å². The molecule has 0 aliphatic carbocycles. The molecule has 0 aliphatic rings. The fourth-order valence-electron chi connectivity index (χ4n) is 2.29. The standard InChI is InChI=1S/C15H22N4/c1-4-8-16-11-7-15-12(2)18-19(13(15)3)14-5-9-17-10-6-14/h5-6,9-10,16H,4,7-8,11H2,1-3H3. The Balaban J connectivity index is 2.16. The fourth-order valence-corrected chi connectivity index (χ4v) is 2.29. The number of hydrogen-bond donors (Lipinski definition) is 1. The topological polar surface area (TPSA) is 42.7 Å². The van der Waals surface area contributed by atoms with E-state index < -0.39 is 0 Å². The van der Waals surface area contributed by atoms with Gasteiger partial charge in [-0.25, -0.2) is 4.68 Å². The van der Waals surface area contributed by atoms with Crippen LogP contribution in [0.15, 0.2) is 24.5 Å². The van der Waals surface area contributed by atoms with Gasteiger partial charge in [-0.15, -0.1) is 0 Å². The molecule has 0 aliphatic heterocycles. The Morgan fingerprint density at radius 3 is 2.58 bits per heavy atom. The lowest BCUT2D eigenvalue weighted by molar-refractivity contribution is 0.669. The minimum atomic E-state index is 1.01. The van der Waals surface area contributed by atoms with Gasteiger partial charge in [-0.05, 0) is 57.5 Å². The van der Waals surface area contributed by atoms with Gasteiger partial charge >= 0.3 is 0 Å². The summed E-state index contributed by atoms with van der Waals surface area (Å²) in [7, 11) is 0. The molecule has 0 unspecified atom stereocenters. The molecule has 2 aromatic heterocycles. The minimum absolute atomic E-state index is 1.01. The number of nitrogens with zero attached hydrogens (tertiary/aromatic N) is 3. The van der Waals surface area contributed by atoms with Crippen LogP contribution in [-0.2, 0) is 6.42 Å². The highest BCUT2D eigenvalue weighted by atomic mass is 15.3. The second kappa shape index (κ2) is 6.48. The van der Waals surface area contributed by atoms with Crippen molar-refractivity contribution in [1.82, 2.24) is 20.1 Å². The van der Waals surface area contributed by atoms with Gasteiger partial charge in [0, 0.05) is 18.1 Å². The fraction of sp³-hybridized carbons (Fsp3) is 0.467. The Kier molecular flexibility index (Phi) is 4.68. The summed E-state index contributed by atoms with van der Waals surface area (Å²) in [5.41, 5.74) is 4.76. The van der Waals surface area contributed by atoms with E-state index in [2.05, 4.69) is 36.2 Å². The lowest BCUT2D eigenvalue weighted by atomic mass is 10.1. The lowest BCUT2D eigenvalue weighted by Gasteiger charge is -2.06. The van der Waals surface area contributed by atoms with E-state index in [9.17, 15) is 0 Å². The van der Waals surface area contributed by atoms with E-state index in [1.54, 1.807) is 12.4 Å². The smallest absolute Gasteiger partial charge is 0.0679 e. The molecule has 0 spiro atoms. The van der Waals surface area contributed by atoms with E-state index in [0.29, 0.717) is 0 Å². The Bertz CT molecular complexity index is 516. The highest BCUT2D eigenvalue weighted by Gasteiger charge is 2.11. The van der Waals surface area contributed by atoms with Crippen molar-refractivity contribution in [2.24, 2.45) is 0 Å². The van der Waals surface area contributed by atoms with Crippen LogP contribution < -0.4 is 5.32 Å². The summed E-state index contributed by atoms with van der Waals surface area (Å²) in [5, 5.41) is 8.08. The SMILES string of the molecule is CCCNCCc1c(C)nn(-c2ccncc2)c1C. The van der Waals surface area contributed by atoms with Gasteiger partial charge in [0.25, 0.3) is 0 Å². The Morgan fingerprint density at radius 2 is 1.89 bits per heavy atom. The van der Waals surface area contributed by atoms with Crippen LogP contribution in [0.2, 0.25) is 0 Å². The van der Waals surface area contributed by atoms with Crippen molar-refractivity contribution in [2.45, 2.75) is 33.6 Å². The summed E-state index contributed by atoms with van der Waals surface area (Å²) in [5.74, 6) is 0. The van der Waals surface area contributed by atoms with E-state index in [-0.39, 0.29) is 0 Å². The van der Waals surface area contributed by atoms with Gasteiger partial charge in [-0.1, -0.05) is 6.92 Å². The molecular weight excluding hydrogens is 236 g/mol. The number of aromatic nitrogens is 3. The first-order valence-corrected chi connectivity index (χ1v) is 6.90. The third-order valence-corrected chi connectivity index (χ3v) is 3.33. The van der Waals surface area contributed by atoms with E-state index in [1.165, 1.54) is 17.7 Å². The normalized spacial score (nSPS) is 10.9. The highest BCUT2D eigenvalue weighted by Crippen LogP contribution is 2.17. The van der Waals surface area contributed by atoms with Crippen molar-refractivity contribution in [3.63, 3.8) is 0 Å². The van der Waals surface area contributed by atoms with Crippen LogP contribution in [0.25, 0.3) is 5.69 Å². The molecule has 1 N–H and O–H groups in total. The molecular formula is C15H22N4. The molecule has 0 aromatic carbocycles. The summed E-state index contributed by atoms with van der Waals surface area (Å²) in [6.07, 6.45) is 5.81. The average molecular weight is 258 g/mol. The monoisotopic (exact) mass is 258 g/mol. The van der Waals surface area contributed by atoms with Crippen molar-refractivity contribution in [1.29, 1.82) is 0 Å². The van der Waals surface area contributed by atoms with E-state index in [4.69, 9.17) is 0 Å². The first-order valence-electron chi connectivity index (χ1n) is 6.90. The van der Waals surface area contributed by atoms with Crippen LogP contribution in [0.3, 0.4) is 0 Å². The molecule has 2 rings (SSSR count). The lowest BCUT2D eigenvalue weighted by Crippen LogP contribution is -2.18. The van der Waals surface area contributed by atoms with Gasteiger partial charge < -0.3 is 5.32 Å². The van der Waals surface area contributed by atoms with Gasteiger partial charge in [0.05, 0.1) is 11.4 Å². The van der Waals surface area contributed by atoms with Crippen molar-refractivity contribution >= 4 is 0 Å². The van der Waals surface area contributed by atoms with Crippen LogP contribution in [0.1, 0.15) is 30.3 Å². The third kappa shape index (κ3) is 3.20. The van der Waals surface area contributed by atoms with Crippen LogP contribution in [0.4, 0.5) is 0 Å². The van der Waals surface area contributed by atoms with Crippen molar-refractivity contribution in [2.75, 3.05) is 13.1 Å². The molecule has 2 heterocycles. The van der Waals surface area contributed by atoms with Crippen LogP contribution in [0, 0.1) is 13.8 Å². The molecule has 0 amide bonds. The molecule has 0 fully saturated rings. The maximum atomic E-state index is 4.64. The summed E-state index contributed by atoms with van der Waals surface area (Å²) in [6, 6.07) is 3.97. The summed E-state index contributed by atoms with van der Waals surface area (Å²) in [6.45, 7) is 8.49. The van der Waals surface area contributed by atoms with Gasteiger partial charge in [-0.2, -0.15) is 5.10 Å². The number of rotatable bonds is 6. The van der Waals surface area contributed by atoms with Gasteiger partial charge in [0.1, 0.15) is 0 Å². The Morgan fingerprint density at radius 1 is 1.16 bits per heavy atom. The van der Waals surface area contributed by atoms with Crippen LogP contribution >= 0.6 is 0 Å². The quantitative estimate of drug-likeness (QED) is 0.809. The second-order valence-corrected chi connectivity index (χ2v) is 4.77. The van der Waals surface area contributed by atoms with E-state index in [0.717, 1.165) is 30.9 Å². The van der Waals surface area contributed by atoms with Crippen molar-refractivity contribution in [3.8, 4) is 5.69 Å². The maximum absolute atomic E-state index is 4.64. The Labute approximate surface area is 114 Å². The maximum Gasteiger partial charge on any atom is 0.0679 e. The van der Waals surface area contributed by atoms with Gasteiger partial charge in [0.15, 0.2) is 0 Å². The van der Waals surface area contributed by atoms with E-state index >= 15 is 0 Å². The zero-order chi connectivity index (χ0) is 13.7. The predicted molar refractivity (Wildman–Crippen MR) is 77.7 cm³/mol. The first kappa shape index (κ1) is 13.7. The minimum Gasteiger partial charge on any atom is -0.316 e. The molecule has 0 saturated carbocycles. The molecule has 4 heteroatoms. The predicted octanol–water partition coefficient (Wildman–Crippen LogP) is 2.43.